The van der Waals surface area contributed by atoms with Gasteiger partial charge in [-0.05, 0) is 37.9 Å². The quantitative estimate of drug-likeness (QED) is 0.823. The molecule has 0 amide bonds. The molecule has 1 rings (SSSR count). The summed E-state index contributed by atoms with van der Waals surface area (Å²) in [7, 11) is 0. The predicted octanol–water partition coefficient (Wildman–Crippen LogP) is 2.98. The van der Waals surface area contributed by atoms with E-state index < -0.39 is 0 Å². The molecule has 4 heteroatoms. The Labute approximate surface area is 107 Å². The maximum atomic E-state index is 13.4. The standard InChI is InChI=1S/C13H19ClFNO/c1-9(5-10(2)17)7-16-8-11-3-4-12(14)6-13(11)15/h3-4,6,9-10,16-17H,5,7-8H2,1-2H3/t9-,10+/m1/s1. The Morgan fingerprint density at radius 1 is 1.41 bits per heavy atom. The van der Waals surface area contributed by atoms with Gasteiger partial charge in [-0.1, -0.05) is 24.6 Å². The molecule has 0 aliphatic rings. The minimum absolute atomic E-state index is 0.284. The summed E-state index contributed by atoms with van der Waals surface area (Å²) < 4.78 is 13.4. The highest BCUT2D eigenvalue weighted by molar-refractivity contribution is 6.30. The zero-order valence-corrected chi connectivity index (χ0v) is 11.0. The first-order valence-electron chi connectivity index (χ1n) is 5.81. The molecule has 0 unspecified atom stereocenters. The molecule has 0 saturated heterocycles. The number of aliphatic hydroxyl groups excluding tert-OH is 1. The molecule has 0 fully saturated rings. The second-order valence-corrected chi connectivity index (χ2v) is 4.99. The fraction of sp³-hybridized carbons (Fsp3) is 0.538. The first-order chi connectivity index (χ1) is 7.99. The summed E-state index contributed by atoms with van der Waals surface area (Å²) in [6, 6.07) is 4.68. The average molecular weight is 260 g/mol. The lowest BCUT2D eigenvalue weighted by Crippen LogP contribution is -2.23. The van der Waals surface area contributed by atoms with E-state index in [-0.39, 0.29) is 11.9 Å². The van der Waals surface area contributed by atoms with Crippen LogP contribution in [0.5, 0.6) is 0 Å². The van der Waals surface area contributed by atoms with E-state index in [1.165, 1.54) is 6.07 Å². The van der Waals surface area contributed by atoms with Crippen LogP contribution in [0, 0.1) is 11.7 Å². The van der Waals surface area contributed by atoms with E-state index in [2.05, 4.69) is 12.2 Å². The fourth-order valence-electron chi connectivity index (χ4n) is 1.78. The molecular formula is C13H19ClFNO. The summed E-state index contributed by atoms with van der Waals surface area (Å²) in [4.78, 5) is 0. The molecular weight excluding hydrogens is 241 g/mol. The van der Waals surface area contributed by atoms with Gasteiger partial charge in [0.05, 0.1) is 6.10 Å². The molecule has 0 aromatic heterocycles. The lowest BCUT2D eigenvalue weighted by atomic mass is 10.0. The molecule has 0 spiro atoms. The van der Waals surface area contributed by atoms with Gasteiger partial charge < -0.3 is 10.4 Å². The zero-order valence-electron chi connectivity index (χ0n) is 10.2. The van der Waals surface area contributed by atoms with E-state index in [1.54, 1.807) is 19.1 Å². The summed E-state index contributed by atoms with van der Waals surface area (Å²) in [6.45, 7) is 5.06. The largest absolute Gasteiger partial charge is 0.393 e. The van der Waals surface area contributed by atoms with Gasteiger partial charge in [0.25, 0.3) is 0 Å². The van der Waals surface area contributed by atoms with Crippen LogP contribution in [-0.2, 0) is 6.54 Å². The highest BCUT2D eigenvalue weighted by atomic mass is 35.5. The van der Waals surface area contributed by atoms with E-state index in [0.29, 0.717) is 23.0 Å². The van der Waals surface area contributed by atoms with Crippen LogP contribution >= 0.6 is 11.6 Å². The average Bonchev–Trinajstić information content (AvgIpc) is 2.20. The first kappa shape index (κ1) is 14.4. The van der Waals surface area contributed by atoms with E-state index >= 15 is 0 Å². The Bertz CT molecular complexity index is 357. The van der Waals surface area contributed by atoms with Crippen molar-refractivity contribution in [3.05, 3.63) is 34.6 Å². The number of halogens is 2. The number of hydrogen-bond donors (Lipinski definition) is 2. The van der Waals surface area contributed by atoms with Crippen molar-refractivity contribution in [1.82, 2.24) is 5.32 Å². The third-order valence-corrected chi connectivity index (χ3v) is 2.80. The van der Waals surface area contributed by atoms with Gasteiger partial charge in [-0.15, -0.1) is 0 Å². The summed E-state index contributed by atoms with van der Waals surface area (Å²) in [5, 5.41) is 12.8. The topological polar surface area (TPSA) is 32.3 Å². The van der Waals surface area contributed by atoms with Crippen molar-refractivity contribution >= 4 is 11.6 Å². The lowest BCUT2D eigenvalue weighted by molar-refractivity contribution is 0.163. The Hall–Kier alpha value is -0.640. The maximum absolute atomic E-state index is 13.4. The minimum atomic E-state index is -0.293. The van der Waals surface area contributed by atoms with Crippen LogP contribution in [0.1, 0.15) is 25.8 Å². The van der Waals surface area contributed by atoms with Gasteiger partial charge in [-0.25, -0.2) is 4.39 Å². The normalized spacial score (nSPS) is 14.6. The predicted molar refractivity (Wildman–Crippen MR) is 68.6 cm³/mol. The number of nitrogens with one attached hydrogen (secondary N) is 1. The second kappa shape index (κ2) is 6.94. The lowest BCUT2D eigenvalue weighted by Gasteiger charge is -2.14. The van der Waals surface area contributed by atoms with Gasteiger partial charge in [0.1, 0.15) is 5.82 Å². The molecule has 96 valence electrons. The van der Waals surface area contributed by atoms with E-state index in [0.717, 1.165) is 13.0 Å². The van der Waals surface area contributed by atoms with Crippen molar-refractivity contribution < 1.29 is 9.50 Å². The van der Waals surface area contributed by atoms with Gasteiger partial charge in [-0.2, -0.15) is 0 Å². The van der Waals surface area contributed by atoms with Crippen LogP contribution in [0.15, 0.2) is 18.2 Å². The van der Waals surface area contributed by atoms with E-state index in [9.17, 15) is 9.50 Å². The van der Waals surface area contributed by atoms with Crippen molar-refractivity contribution in [3.8, 4) is 0 Å². The van der Waals surface area contributed by atoms with Gasteiger partial charge in [-0.3, -0.25) is 0 Å². The number of hydrogen-bond acceptors (Lipinski definition) is 2. The zero-order chi connectivity index (χ0) is 12.8. The monoisotopic (exact) mass is 259 g/mol. The number of benzene rings is 1. The van der Waals surface area contributed by atoms with Crippen LogP contribution in [-0.4, -0.2) is 17.8 Å². The minimum Gasteiger partial charge on any atom is -0.393 e. The highest BCUT2D eigenvalue weighted by Gasteiger charge is 2.07. The number of aliphatic hydroxyl groups is 1. The molecule has 17 heavy (non-hydrogen) atoms. The van der Waals surface area contributed by atoms with E-state index in [1.807, 2.05) is 0 Å². The van der Waals surface area contributed by atoms with Crippen LogP contribution in [0.2, 0.25) is 5.02 Å². The molecule has 0 aliphatic heterocycles. The molecule has 0 aliphatic carbocycles. The third kappa shape index (κ3) is 5.48. The van der Waals surface area contributed by atoms with E-state index in [4.69, 9.17) is 11.6 Å². The van der Waals surface area contributed by atoms with Gasteiger partial charge >= 0.3 is 0 Å². The molecule has 0 bridgehead atoms. The SMILES string of the molecule is C[C@@H](CNCc1ccc(Cl)cc1F)C[C@H](C)O. The van der Waals surface area contributed by atoms with Crippen molar-refractivity contribution in [2.45, 2.75) is 32.9 Å². The van der Waals surface area contributed by atoms with Gasteiger partial charge in [0, 0.05) is 17.1 Å². The molecule has 0 radical (unpaired) electrons. The molecule has 0 saturated carbocycles. The number of rotatable bonds is 6. The molecule has 2 atom stereocenters. The van der Waals surface area contributed by atoms with Crippen LogP contribution < -0.4 is 5.32 Å². The molecule has 1 aromatic rings. The summed E-state index contributed by atoms with van der Waals surface area (Å²) >= 11 is 5.67. The molecule has 2 nitrogen and oxygen atoms in total. The van der Waals surface area contributed by atoms with Crippen LogP contribution in [0.25, 0.3) is 0 Å². The van der Waals surface area contributed by atoms with Crippen LogP contribution in [0.4, 0.5) is 4.39 Å². The first-order valence-corrected chi connectivity index (χ1v) is 6.19. The van der Waals surface area contributed by atoms with Crippen LogP contribution in [0.3, 0.4) is 0 Å². The third-order valence-electron chi connectivity index (χ3n) is 2.57. The molecule has 1 aromatic carbocycles. The Balaban J connectivity index is 2.35. The Morgan fingerprint density at radius 2 is 2.12 bits per heavy atom. The van der Waals surface area contributed by atoms with Crippen molar-refractivity contribution in [2.24, 2.45) is 5.92 Å². The smallest absolute Gasteiger partial charge is 0.129 e. The molecule has 2 N–H and O–H groups in total. The maximum Gasteiger partial charge on any atom is 0.129 e. The second-order valence-electron chi connectivity index (χ2n) is 4.56. The van der Waals surface area contributed by atoms with Gasteiger partial charge in [0.15, 0.2) is 0 Å². The van der Waals surface area contributed by atoms with Crippen molar-refractivity contribution in [1.29, 1.82) is 0 Å². The summed E-state index contributed by atoms with van der Waals surface area (Å²) in [5.74, 6) is 0.0820. The summed E-state index contributed by atoms with van der Waals surface area (Å²) in [5.41, 5.74) is 0.610. The van der Waals surface area contributed by atoms with Gasteiger partial charge in [0.2, 0.25) is 0 Å². The summed E-state index contributed by atoms with van der Waals surface area (Å²) in [6.07, 6.45) is 0.454. The highest BCUT2D eigenvalue weighted by Crippen LogP contribution is 2.14. The fourth-order valence-corrected chi connectivity index (χ4v) is 1.94. The Morgan fingerprint density at radius 3 is 2.71 bits per heavy atom. The Kier molecular flexibility index (Phi) is 5.89. The van der Waals surface area contributed by atoms with Crippen molar-refractivity contribution in [2.75, 3.05) is 6.54 Å². The van der Waals surface area contributed by atoms with Crippen molar-refractivity contribution in [3.63, 3.8) is 0 Å². The molecule has 0 heterocycles.